The summed E-state index contributed by atoms with van der Waals surface area (Å²) in [6.07, 6.45) is 0.934. The number of nitrogens with zero attached hydrogens (tertiary/aromatic N) is 3. The number of ether oxygens (including phenoxy) is 1. The lowest BCUT2D eigenvalue weighted by molar-refractivity contribution is -0.139. The summed E-state index contributed by atoms with van der Waals surface area (Å²) in [5.74, 6) is 0.376. The van der Waals surface area contributed by atoms with Crippen molar-refractivity contribution in [3.8, 4) is 5.75 Å². The van der Waals surface area contributed by atoms with Crippen LogP contribution < -0.4 is 4.74 Å². The molecule has 2 aliphatic heterocycles. The van der Waals surface area contributed by atoms with Gasteiger partial charge < -0.3 is 9.64 Å². The van der Waals surface area contributed by atoms with E-state index in [1.54, 1.807) is 0 Å². The highest BCUT2D eigenvalue weighted by molar-refractivity contribution is 6.35. The molecule has 1 fully saturated rings. The van der Waals surface area contributed by atoms with Crippen molar-refractivity contribution in [2.75, 3.05) is 32.8 Å². The molecule has 0 N–H and O–H groups in total. The molecule has 0 aromatic heterocycles. The molecular weight excluding hydrogens is 414 g/mol. The van der Waals surface area contributed by atoms with Crippen molar-refractivity contribution in [2.24, 2.45) is 0 Å². The number of piperazine rings is 1. The number of carbonyl (C=O) groups excluding carboxylic acids is 2. The third-order valence-corrected chi connectivity index (χ3v) is 6.16. The minimum absolute atomic E-state index is 0.187. The normalized spacial score (nSPS) is 17.5. The van der Waals surface area contributed by atoms with E-state index in [9.17, 15) is 9.59 Å². The maximum atomic E-state index is 13.4. The van der Waals surface area contributed by atoms with Gasteiger partial charge in [0.1, 0.15) is 11.4 Å². The molecule has 2 aromatic carbocycles. The molecule has 6 heteroatoms. The Bertz CT molecular complexity index is 1010. The minimum atomic E-state index is -0.209. The van der Waals surface area contributed by atoms with Crippen LogP contribution in [0.3, 0.4) is 0 Å². The van der Waals surface area contributed by atoms with E-state index in [2.05, 4.69) is 41.0 Å². The van der Waals surface area contributed by atoms with Gasteiger partial charge >= 0.3 is 0 Å². The summed E-state index contributed by atoms with van der Waals surface area (Å²) in [4.78, 5) is 32.6. The molecule has 2 aromatic rings. The van der Waals surface area contributed by atoms with Crippen molar-refractivity contribution in [3.05, 3.63) is 71.4 Å². The third kappa shape index (κ3) is 4.96. The van der Waals surface area contributed by atoms with E-state index in [4.69, 9.17) is 4.74 Å². The van der Waals surface area contributed by atoms with Gasteiger partial charge in [-0.05, 0) is 43.5 Å². The molecule has 0 bridgehead atoms. The number of benzene rings is 2. The second kappa shape index (κ2) is 10.2. The lowest BCUT2D eigenvalue weighted by atomic mass is 10.0. The maximum Gasteiger partial charge on any atom is 0.278 e. The molecule has 2 aliphatic rings. The van der Waals surface area contributed by atoms with Crippen molar-refractivity contribution < 1.29 is 14.3 Å². The fraction of sp³-hybridized carbons (Fsp3) is 0.407. The first-order chi connectivity index (χ1) is 16.0. The lowest BCUT2D eigenvalue weighted by Crippen LogP contribution is -2.47. The molecule has 0 saturated carbocycles. The summed E-state index contributed by atoms with van der Waals surface area (Å²) in [5.41, 5.74) is 3.10. The van der Waals surface area contributed by atoms with Crippen molar-refractivity contribution in [1.82, 2.24) is 14.7 Å². The van der Waals surface area contributed by atoms with Gasteiger partial charge in [0.25, 0.3) is 11.8 Å². The fourth-order valence-electron chi connectivity index (χ4n) is 4.47. The molecule has 2 heterocycles. The summed E-state index contributed by atoms with van der Waals surface area (Å²) < 4.78 is 5.69. The average Bonchev–Trinajstić information content (AvgIpc) is 3.09. The summed E-state index contributed by atoms with van der Waals surface area (Å²) >= 11 is 0. The Morgan fingerprint density at radius 3 is 2.15 bits per heavy atom. The molecule has 0 atom stereocenters. The second-order valence-corrected chi connectivity index (χ2v) is 8.92. The maximum absolute atomic E-state index is 13.4. The predicted octanol–water partition coefficient (Wildman–Crippen LogP) is 3.78. The van der Waals surface area contributed by atoms with Crippen molar-refractivity contribution in [3.63, 3.8) is 0 Å². The van der Waals surface area contributed by atoms with Crippen molar-refractivity contribution >= 4 is 17.4 Å². The number of amides is 2. The second-order valence-electron chi connectivity index (χ2n) is 8.92. The zero-order valence-corrected chi connectivity index (χ0v) is 19.8. The number of hydrogen-bond donors (Lipinski definition) is 0. The molecule has 0 radical (unpaired) electrons. The van der Waals surface area contributed by atoms with Gasteiger partial charge in [0.15, 0.2) is 0 Å². The van der Waals surface area contributed by atoms with E-state index in [-0.39, 0.29) is 17.9 Å². The molecule has 33 heavy (non-hydrogen) atoms. The Morgan fingerprint density at radius 2 is 1.55 bits per heavy atom. The summed E-state index contributed by atoms with van der Waals surface area (Å²) in [7, 11) is 0. The molecule has 6 nitrogen and oxygen atoms in total. The molecule has 2 amide bonds. The van der Waals surface area contributed by atoms with E-state index >= 15 is 0 Å². The monoisotopic (exact) mass is 447 g/mol. The van der Waals surface area contributed by atoms with Crippen LogP contribution >= 0.6 is 0 Å². The summed E-state index contributed by atoms with van der Waals surface area (Å²) in [6, 6.07) is 17.8. The zero-order chi connectivity index (χ0) is 23.4. The third-order valence-electron chi connectivity index (χ3n) is 6.16. The Labute approximate surface area is 196 Å². The Balaban J connectivity index is 1.56. The van der Waals surface area contributed by atoms with Gasteiger partial charge in [-0.3, -0.25) is 19.4 Å². The van der Waals surface area contributed by atoms with Crippen LogP contribution in [0.1, 0.15) is 38.3 Å². The van der Waals surface area contributed by atoms with Crippen LogP contribution in [0.5, 0.6) is 5.75 Å². The molecular formula is C27H33N3O3. The SMILES string of the molecule is CCCOc1ccc(C2=C(N3CCN(Cc4ccccc4)CC3)C(=O)N(C(C)C)C2=O)cc1. The van der Waals surface area contributed by atoms with Crippen molar-refractivity contribution in [1.29, 1.82) is 0 Å². The molecule has 0 unspecified atom stereocenters. The number of imide groups is 1. The van der Waals surface area contributed by atoms with Crippen LogP contribution in [0, 0.1) is 0 Å². The lowest BCUT2D eigenvalue weighted by Gasteiger charge is -2.36. The smallest absolute Gasteiger partial charge is 0.278 e. The summed E-state index contributed by atoms with van der Waals surface area (Å²) in [6.45, 7) is 10.5. The number of hydrogen-bond acceptors (Lipinski definition) is 5. The van der Waals surface area contributed by atoms with Crippen LogP contribution in [-0.2, 0) is 16.1 Å². The first-order valence-electron chi connectivity index (χ1n) is 11.9. The largest absolute Gasteiger partial charge is 0.494 e. The average molecular weight is 448 g/mol. The molecule has 0 spiro atoms. The highest BCUT2D eigenvalue weighted by Crippen LogP contribution is 2.34. The van der Waals surface area contributed by atoms with Gasteiger partial charge in [-0.1, -0.05) is 49.4 Å². The van der Waals surface area contributed by atoms with Crippen LogP contribution in [0.15, 0.2) is 60.3 Å². The summed E-state index contributed by atoms with van der Waals surface area (Å²) in [5, 5.41) is 0. The molecule has 4 rings (SSSR count). The topological polar surface area (TPSA) is 53.1 Å². The number of carbonyl (C=O) groups is 2. The number of rotatable bonds is 8. The minimum Gasteiger partial charge on any atom is -0.494 e. The van der Waals surface area contributed by atoms with Crippen LogP contribution in [-0.4, -0.2) is 65.3 Å². The first-order valence-corrected chi connectivity index (χ1v) is 11.9. The van der Waals surface area contributed by atoms with Gasteiger partial charge in [-0.2, -0.15) is 0 Å². The first kappa shape index (κ1) is 23.1. The van der Waals surface area contributed by atoms with Gasteiger partial charge in [0.05, 0.1) is 12.2 Å². The van der Waals surface area contributed by atoms with Crippen molar-refractivity contribution in [2.45, 2.75) is 39.8 Å². The Morgan fingerprint density at radius 1 is 0.879 bits per heavy atom. The van der Waals surface area contributed by atoms with Gasteiger partial charge in [0, 0.05) is 38.8 Å². The van der Waals surface area contributed by atoms with Crippen LogP contribution in [0.25, 0.3) is 5.57 Å². The quantitative estimate of drug-likeness (QED) is 0.577. The van der Waals surface area contributed by atoms with Gasteiger partial charge in [-0.25, -0.2) is 0 Å². The van der Waals surface area contributed by atoms with E-state index < -0.39 is 0 Å². The molecule has 0 aliphatic carbocycles. The van der Waals surface area contributed by atoms with Crippen LogP contribution in [0.2, 0.25) is 0 Å². The Kier molecular flexibility index (Phi) is 7.14. The highest BCUT2D eigenvalue weighted by Gasteiger charge is 2.43. The fourth-order valence-corrected chi connectivity index (χ4v) is 4.47. The molecule has 174 valence electrons. The van der Waals surface area contributed by atoms with E-state index in [1.807, 2.05) is 44.2 Å². The molecule has 1 saturated heterocycles. The van der Waals surface area contributed by atoms with Gasteiger partial charge in [-0.15, -0.1) is 0 Å². The Hall–Kier alpha value is -3.12. The van der Waals surface area contributed by atoms with E-state index in [0.29, 0.717) is 31.0 Å². The van der Waals surface area contributed by atoms with E-state index in [1.165, 1.54) is 10.5 Å². The standard InChI is InChI=1S/C27H33N3O3/c1-4-18-33-23-12-10-22(11-13-23)24-25(27(32)30(20(2)3)26(24)31)29-16-14-28(15-17-29)19-21-8-6-5-7-9-21/h5-13,20H,4,14-19H2,1-3H3. The zero-order valence-electron chi connectivity index (χ0n) is 19.8. The van der Waals surface area contributed by atoms with Crippen LogP contribution in [0.4, 0.5) is 0 Å². The highest BCUT2D eigenvalue weighted by atomic mass is 16.5. The predicted molar refractivity (Wildman–Crippen MR) is 129 cm³/mol. The van der Waals surface area contributed by atoms with E-state index in [0.717, 1.165) is 37.4 Å². The van der Waals surface area contributed by atoms with Gasteiger partial charge in [0.2, 0.25) is 0 Å².